The lowest BCUT2D eigenvalue weighted by Gasteiger charge is -2.20. The summed E-state index contributed by atoms with van der Waals surface area (Å²) in [7, 11) is 3.03. The van der Waals surface area contributed by atoms with E-state index in [0.717, 1.165) is 18.4 Å². The maximum atomic E-state index is 13.0. The van der Waals surface area contributed by atoms with E-state index in [0.29, 0.717) is 40.9 Å². The number of ether oxygens (including phenoxy) is 2. The largest absolute Gasteiger partial charge is 0.494 e. The fourth-order valence-corrected chi connectivity index (χ4v) is 3.86. The van der Waals surface area contributed by atoms with Crippen molar-refractivity contribution in [3.8, 4) is 34.5 Å². The summed E-state index contributed by atoms with van der Waals surface area (Å²) < 4.78 is 18.3. The molecule has 0 atom stereocenters. The van der Waals surface area contributed by atoms with Crippen molar-refractivity contribution in [1.82, 2.24) is 19.7 Å². The third-order valence-corrected chi connectivity index (χ3v) is 5.72. The number of halogens is 1. The lowest BCUT2D eigenvalue weighted by molar-refractivity contribution is 0.379. The van der Waals surface area contributed by atoms with E-state index in [1.54, 1.807) is 30.3 Å². The van der Waals surface area contributed by atoms with Crippen LogP contribution in [0.5, 0.6) is 17.4 Å². The molecule has 35 heavy (non-hydrogen) atoms. The number of para-hydroxylation sites is 1. The minimum atomic E-state index is -0.666. The van der Waals surface area contributed by atoms with E-state index in [2.05, 4.69) is 15.2 Å². The maximum Gasteiger partial charge on any atom is 0.289 e. The fraction of sp³-hybridized carbons (Fsp3) is 0.280. The number of benzene rings is 2. The first kappa shape index (κ1) is 24.3. The van der Waals surface area contributed by atoms with Crippen molar-refractivity contribution in [2.45, 2.75) is 32.6 Å². The monoisotopic (exact) mass is 496 g/mol. The number of rotatable bonds is 9. The Labute approximate surface area is 206 Å². The number of nitrogens with zero attached hydrogens (tertiary/aromatic N) is 4. The van der Waals surface area contributed by atoms with Gasteiger partial charge in [-0.05, 0) is 36.2 Å². The molecule has 2 aromatic carbocycles. The van der Waals surface area contributed by atoms with Crippen LogP contribution in [0.2, 0.25) is 5.02 Å². The molecule has 2 heterocycles. The van der Waals surface area contributed by atoms with Crippen molar-refractivity contribution in [2.75, 3.05) is 14.2 Å². The summed E-state index contributed by atoms with van der Waals surface area (Å²) in [4.78, 5) is 17.3. The van der Waals surface area contributed by atoms with E-state index in [-0.39, 0.29) is 23.2 Å². The summed E-state index contributed by atoms with van der Waals surface area (Å²) in [6.45, 7) is 2.03. The zero-order chi connectivity index (χ0) is 24.9. The first-order valence-electron chi connectivity index (χ1n) is 11.1. The Kier molecular flexibility index (Phi) is 7.36. The third-order valence-electron chi connectivity index (χ3n) is 5.47. The second-order valence-corrected chi connectivity index (χ2v) is 8.22. The summed E-state index contributed by atoms with van der Waals surface area (Å²) in [6.07, 6.45) is 2.42. The first-order chi connectivity index (χ1) is 17.0. The van der Waals surface area contributed by atoms with Crippen LogP contribution >= 0.6 is 11.6 Å². The Morgan fingerprint density at radius 1 is 1.06 bits per heavy atom. The fourth-order valence-electron chi connectivity index (χ4n) is 3.73. The van der Waals surface area contributed by atoms with E-state index in [1.807, 2.05) is 19.1 Å². The Balaban J connectivity index is 1.86. The summed E-state index contributed by atoms with van der Waals surface area (Å²) >= 11 is 5.95. The third kappa shape index (κ3) is 5.00. The van der Waals surface area contributed by atoms with Gasteiger partial charge in [-0.1, -0.05) is 43.1 Å². The highest BCUT2D eigenvalue weighted by molar-refractivity contribution is 6.30. The number of methoxy groups -OCH3 is 2. The van der Waals surface area contributed by atoms with E-state index < -0.39 is 5.56 Å². The van der Waals surface area contributed by atoms with Crippen molar-refractivity contribution in [3.05, 3.63) is 75.1 Å². The van der Waals surface area contributed by atoms with Gasteiger partial charge in [-0.2, -0.15) is 4.98 Å². The van der Waals surface area contributed by atoms with Gasteiger partial charge in [-0.3, -0.25) is 9.36 Å². The highest BCUT2D eigenvalue weighted by Crippen LogP contribution is 2.38. The molecule has 0 bridgehead atoms. The standard InChI is InChI=1S/C25H25ClN4O5/c1-4-5-9-19-27-23(31)21(24-29-28-20(35-24)14-15-10-12-16(26)13-11-15)25(32)30(19)22-17(33-2)7-6-8-18(22)34-3/h6-8,10-13,32H,4-5,9,14H2,1-3H3. The van der Waals surface area contributed by atoms with Gasteiger partial charge in [0.15, 0.2) is 5.56 Å². The van der Waals surface area contributed by atoms with Gasteiger partial charge >= 0.3 is 0 Å². The van der Waals surface area contributed by atoms with Crippen LogP contribution < -0.4 is 15.0 Å². The van der Waals surface area contributed by atoms with Crippen LogP contribution in [0, 0.1) is 0 Å². The Bertz CT molecular complexity index is 1360. The number of aromatic hydroxyl groups is 1. The highest BCUT2D eigenvalue weighted by Gasteiger charge is 2.26. The van der Waals surface area contributed by atoms with Crippen LogP contribution in [0.15, 0.2) is 51.7 Å². The molecule has 182 valence electrons. The van der Waals surface area contributed by atoms with E-state index in [9.17, 15) is 9.90 Å². The minimum Gasteiger partial charge on any atom is -0.494 e. The molecule has 0 spiro atoms. The van der Waals surface area contributed by atoms with E-state index in [4.69, 9.17) is 25.5 Å². The second kappa shape index (κ2) is 10.6. The summed E-state index contributed by atoms with van der Waals surface area (Å²) in [5.74, 6) is 0.985. The zero-order valence-corrected chi connectivity index (χ0v) is 20.4. The van der Waals surface area contributed by atoms with Gasteiger partial charge in [0.25, 0.3) is 11.4 Å². The second-order valence-electron chi connectivity index (χ2n) is 7.79. The van der Waals surface area contributed by atoms with Crippen molar-refractivity contribution in [2.24, 2.45) is 0 Å². The predicted molar refractivity (Wildman–Crippen MR) is 131 cm³/mol. The normalized spacial score (nSPS) is 11.0. The van der Waals surface area contributed by atoms with Gasteiger partial charge in [-0.25, -0.2) is 0 Å². The molecule has 0 aliphatic carbocycles. The molecule has 0 saturated carbocycles. The average Bonchev–Trinajstić information content (AvgIpc) is 3.31. The molecule has 0 unspecified atom stereocenters. The number of aromatic nitrogens is 4. The van der Waals surface area contributed by atoms with Crippen LogP contribution in [-0.4, -0.2) is 39.1 Å². The van der Waals surface area contributed by atoms with Crippen LogP contribution in [0.25, 0.3) is 17.1 Å². The smallest absolute Gasteiger partial charge is 0.289 e. The quantitative estimate of drug-likeness (QED) is 0.358. The molecule has 0 amide bonds. The summed E-state index contributed by atoms with van der Waals surface area (Å²) in [5, 5.41) is 20.1. The maximum absolute atomic E-state index is 13.0. The lowest BCUT2D eigenvalue weighted by Crippen LogP contribution is -2.20. The lowest BCUT2D eigenvalue weighted by atomic mass is 10.1. The number of unbranched alkanes of at least 4 members (excludes halogenated alkanes) is 1. The topological polar surface area (TPSA) is 112 Å². The van der Waals surface area contributed by atoms with Gasteiger partial charge in [0, 0.05) is 11.4 Å². The Morgan fingerprint density at radius 3 is 2.37 bits per heavy atom. The molecule has 0 fully saturated rings. The minimum absolute atomic E-state index is 0.131. The van der Waals surface area contributed by atoms with Crippen molar-refractivity contribution in [3.63, 3.8) is 0 Å². The Hall–Kier alpha value is -3.85. The molecule has 4 aromatic rings. The van der Waals surface area contributed by atoms with Gasteiger partial charge < -0.3 is 19.0 Å². The van der Waals surface area contributed by atoms with Gasteiger partial charge in [0.1, 0.15) is 23.0 Å². The SMILES string of the molecule is CCCCc1nc(=O)c(-c2nnc(Cc3ccc(Cl)cc3)o2)c(O)n1-c1c(OC)cccc1OC. The summed E-state index contributed by atoms with van der Waals surface area (Å²) in [5.41, 5.74) is 0.447. The zero-order valence-electron chi connectivity index (χ0n) is 19.6. The Morgan fingerprint density at radius 2 is 1.74 bits per heavy atom. The van der Waals surface area contributed by atoms with Crippen LogP contribution in [-0.2, 0) is 12.8 Å². The molecule has 1 N–H and O–H groups in total. The van der Waals surface area contributed by atoms with Gasteiger partial charge in [0.2, 0.25) is 11.8 Å². The molecule has 4 rings (SSSR count). The number of hydrogen-bond donors (Lipinski definition) is 1. The predicted octanol–water partition coefficient (Wildman–Crippen LogP) is 4.59. The molecular weight excluding hydrogens is 472 g/mol. The van der Waals surface area contributed by atoms with Crippen LogP contribution in [0.3, 0.4) is 0 Å². The van der Waals surface area contributed by atoms with Crippen molar-refractivity contribution < 1.29 is 19.0 Å². The molecule has 9 nitrogen and oxygen atoms in total. The van der Waals surface area contributed by atoms with E-state index in [1.165, 1.54) is 18.8 Å². The molecule has 10 heteroatoms. The molecule has 0 saturated heterocycles. The van der Waals surface area contributed by atoms with Crippen LogP contribution in [0.1, 0.15) is 37.0 Å². The molecule has 0 aliphatic heterocycles. The van der Waals surface area contributed by atoms with E-state index >= 15 is 0 Å². The van der Waals surface area contributed by atoms with Crippen molar-refractivity contribution >= 4 is 11.6 Å². The molecule has 0 radical (unpaired) electrons. The number of hydrogen-bond acceptors (Lipinski definition) is 8. The van der Waals surface area contributed by atoms with Gasteiger partial charge in [-0.15, -0.1) is 10.2 Å². The molecule has 2 aromatic heterocycles. The first-order valence-corrected chi connectivity index (χ1v) is 11.5. The highest BCUT2D eigenvalue weighted by atomic mass is 35.5. The summed E-state index contributed by atoms with van der Waals surface area (Å²) in [6, 6.07) is 12.4. The molecular formula is C25H25ClN4O5. The van der Waals surface area contributed by atoms with Crippen molar-refractivity contribution in [1.29, 1.82) is 0 Å². The van der Waals surface area contributed by atoms with Gasteiger partial charge in [0.05, 0.1) is 20.6 Å². The van der Waals surface area contributed by atoms with Crippen LogP contribution in [0.4, 0.5) is 0 Å². The molecule has 0 aliphatic rings. The number of aryl methyl sites for hydroxylation is 1. The average molecular weight is 497 g/mol.